The summed E-state index contributed by atoms with van der Waals surface area (Å²) in [7, 11) is 0. The highest BCUT2D eigenvalue weighted by Gasteiger charge is 2.19. The number of hydrogen-bond acceptors (Lipinski definition) is 2. The lowest BCUT2D eigenvalue weighted by Crippen LogP contribution is -2.18. The Labute approximate surface area is 106 Å². The van der Waals surface area contributed by atoms with Crippen LogP contribution in [0.4, 0.5) is 0 Å². The summed E-state index contributed by atoms with van der Waals surface area (Å²) in [6.07, 6.45) is 3.82. The van der Waals surface area contributed by atoms with Crippen LogP contribution < -0.4 is 5.32 Å². The van der Waals surface area contributed by atoms with Gasteiger partial charge in [-0.25, -0.2) is 0 Å². The number of nitrogens with one attached hydrogen (secondary N) is 1. The summed E-state index contributed by atoms with van der Waals surface area (Å²) < 4.78 is 6.73. The van der Waals surface area contributed by atoms with E-state index in [2.05, 4.69) is 33.4 Å². The van der Waals surface area contributed by atoms with Gasteiger partial charge in [0.15, 0.2) is 0 Å². The van der Waals surface area contributed by atoms with Crippen molar-refractivity contribution in [2.24, 2.45) is 0 Å². The summed E-state index contributed by atoms with van der Waals surface area (Å²) in [5.74, 6) is 0. The second-order valence-corrected chi connectivity index (χ2v) is 5.18. The zero-order valence-electron chi connectivity index (χ0n) is 9.42. The topological polar surface area (TPSA) is 21.3 Å². The van der Waals surface area contributed by atoms with Crippen LogP contribution in [0.1, 0.15) is 24.8 Å². The lowest BCUT2D eigenvalue weighted by Gasteiger charge is -2.05. The first-order valence-corrected chi connectivity index (χ1v) is 6.69. The fourth-order valence-electron chi connectivity index (χ4n) is 1.58. The third kappa shape index (κ3) is 4.64. The summed E-state index contributed by atoms with van der Waals surface area (Å²) in [4.78, 5) is 0. The molecule has 16 heavy (non-hydrogen) atoms. The Kier molecular flexibility index (Phi) is 4.82. The molecule has 1 aromatic rings. The van der Waals surface area contributed by atoms with Crippen LogP contribution in [0.5, 0.6) is 0 Å². The van der Waals surface area contributed by atoms with Crippen molar-refractivity contribution in [2.45, 2.75) is 31.9 Å². The van der Waals surface area contributed by atoms with E-state index >= 15 is 0 Å². The molecule has 2 rings (SSSR count). The minimum atomic E-state index is 0.711. The molecule has 0 atom stereocenters. The van der Waals surface area contributed by atoms with Crippen molar-refractivity contribution >= 4 is 15.9 Å². The van der Waals surface area contributed by atoms with Crippen LogP contribution in [0.15, 0.2) is 28.7 Å². The predicted octanol–water partition coefficient (Wildman–Crippen LogP) is 3.11. The van der Waals surface area contributed by atoms with Gasteiger partial charge in [-0.05, 0) is 43.5 Å². The Morgan fingerprint density at radius 2 is 2.25 bits per heavy atom. The largest absolute Gasteiger partial charge is 0.377 e. The van der Waals surface area contributed by atoms with Crippen molar-refractivity contribution in [2.75, 3.05) is 13.2 Å². The van der Waals surface area contributed by atoms with Crippen LogP contribution in [0.3, 0.4) is 0 Å². The summed E-state index contributed by atoms with van der Waals surface area (Å²) in [5.41, 5.74) is 1.23. The van der Waals surface area contributed by atoms with Gasteiger partial charge in [0.2, 0.25) is 0 Å². The highest BCUT2D eigenvalue weighted by Crippen LogP contribution is 2.18. The predicted molar refractivity (Wildman–Crippen MR) is 69.4 cm³/mol. The normalized spacial score (nSPS) is 15.3. The summed E-state index contributed by atoms with van der Waals surface area (Å²) in [6.45, 7) is 2.64. The Morgan fingerprint density at radius 1 is 1.38 bits per heavy atom. The maximum Gasteiger partial charge on any atom is 0.0717 e. The van der Waals surface area contributed by atoms with Crippen molar-refractivity contribution in [3.63, 3.8) is 0 Å². The van der Waals surface area contributed by atoms with E-state index in [0.717, 1.165) is 30.1 Å². The minimum absolute atomic E-state index is 0.711. The van der Waals surface area contributed by atoms with Gasteiger partial charge in [-0.2, -0.15) is 0 Å². The zero-order chi connectivity index (χ0) is 11.2. The van der Waals surface area contributed by atoms with Gasteiger partial charge >= 0.3 is 0 Å². The van der Waals surface area contributed by atoms with Crippen LogP contribution >= 0.6 is 15.9 Å². The molecule has 0 unspecified atom stereocenters. The van der Waals surface area contributed by atoms with E-state index in [4.69, 9.17) is 4.74 Å². The number of rotatable bonds is 7. The molecule has 88 valence electrons. The first kappa shape index (κ1) is 12.1. The van der Waals surface area contributed by atoms with Gasteiger partial charge in [-0.1, -0.05) is 28.1 Å². The van der Waals surface area contributed by atoms with Gasteiger partial charge < -0.3 is 10.1 Å². The first-order valence-electron chi connectivity index (χ1n) is 5.90. The number of ether oxygens (including phenoxy) is 1. The van der Waals surface area contributed by atoms with Gasteiger partial charge in [0.1, 0.15) is 0 Å². The van der Waals surface area contributed by atoms with E-state index < -0.39 is 0 Å². The molecule has 1 aliphatic rings. The maximum absolute atomic E-state index is 5.62. The second kappa shape index (κ2) is 6.38. The highest BCUT2D eigenvalue weighted by atomic mass is 79.9. The average Bonchev–Trinajstić information content (AvgIpc) is 3.07. The molecule has 0 aromatic heterocycles. The van der Waals surface area contributed by atoms with E-state index in [1.54, 1.807) is 0 Å². The molecular formula is C13H18BrNO. The maximum atomic E-state index is 5.62. The quantitative estimate of drug-likeness (QED) is 0.777. The first-order chi connectivity index (χ1) is 7.84. The van der Waals surface area contributed by atoms with Gasteiger partial charge in [0.05, 0.1) is 6.61 Å². The molecule has 3 heteroatoms. The van der Waals surface area contributed by atoms with Crippen molar-refractivity contribution in [1.29, 1.82) is 0 Å². The monoisotopic (exact) mass is 283 g/mol. The summed E-state index contributed by atoms with van der Waals surface area (Å²) in [6, 6.07) is 9.07. The lowest BCUT2D eigenvalue weighted by molar-refractivity contribution is 0.118. The Morgan fingerprint density at radius 3 is 3.00 bits per heavy atom. The molecule has 0 bridgehead atoms. The SMILES string of the molecule is Brc1cccc(COCCCNC2CC2)c1. The van der Waals surface area contributed by atoms with Crippen molar-refractivity contribution in [1.82, 2.24) is 5.32 Å². The Bertz CT molecular complexity index is 325. The fourth-order valence-corrected chi connectivity index (χ4v) is 2.03. The second-order valence-electron chi connectivity index (χ2n) is 4.26. The average molecular weight is 284 g/mol. The molecule has 1 saturated carbocycles. The van der Waals surface area contributed by atoms with Crippen LogP contribution in [-0.4, -0.2) is 19.2 Å². The molecule has 0 spiro atoms. The van der Waals surface area contributed by atoms with Gasteiger partial charge in [0.25, 0.3) is 0 Å². The van der Waals surface area contributed by atoms with Crippen molar-refractivity contribution < 1.29 is 4.74 Å². The lowest BCUT2D eigenvalue weighted by atomic mass is 10.2. The molecule has 0 saturated heterocycles. The molecular weight excluding hydrogens is 266 g/mol. The standard InChI is InChI=1S/C13H18BrNO/c14-12-4-1-3-11(9-12)10-16-8-2-7-15-13-5-6-13/h1,3-4,9,13,15H,2,5-8,10H2. The van der Waals surface area contributed by atoms with Crippen molar-refractivity contribution in [3.05, 3.63) is 34.3 Å². The molecule has 1 N–H and O–H groups in total. The van der Waals surface area contributed by atoms with E-state index in [0.29, 0.717) is 6.61 Å². The van der Waals surface area contributed by atoms with E-state index in [9.17, 15) is 0 Å². The molecule has 1 fully saturated rings. The van der Waals surface area contributed by atoms with Crippen LogP contribution in [0.2, 0.25) is 0 Å². The third-order valence-electron chi connectivity index (χ3n) is 2.63. The fraction of sp³-hybridized carbons (Fsp3) is 0.538. The van der Waals surface area contributed by atoms with Crippen LogP contribution in [-0.2, 0) is 11.3 Å². The van der Waals surface area contributed by atoms with Crippen molar-refractivity contribution in [3.8, 4) is 0 Å². The van der Waals surface area contributed by atoms with E-state index in [-0.39, 0.29) is 0 Å². The smallest absolute Gasteiger partial charge is 0.0717 e. The third-order valence-corrected chi connectivity index (χ3v) is 3.13. The number of halogens is 1. The number of hydrogen-bond donors (Lipinski definition) is 1. The summed E-state index contributed by atoms with van der Waals surface area (Å²) in [5, 5.41) is 3.48. The molecule has 1 aromatic carbocycles. The van der Waals surface area contributed by atoms with Gasteiger partial charge in [-0.3, -0.25) is 0 Å². The van der Waals surface area contributed by atoms with Crippen LogP contribution in [0, 0.1) is 0 Å². The summed E-state index contributed by atoms with van der Waals surface area (Å²) >= 11 is 3.45. The van der Waals surface area contributed by atoms with E-state index in [1.165, 1.54) is 18.4 Å². The zero-order valence-corrected chi connectivity index (χ0v) is 11.0. The Balaban J connectivity index is 1.53. The van der Waals surface area contributed by atoms with Gasteiger partial charge in [-0.15, -0.1) is 0 Å². The number of benzene rings is 1. The van der Waals surface area contributed by atoms with E-state index in [1.807, 2.05) is 12.1 Å². The molecule has 0 aliphatic heterocycles. The van der Waals surface area contributed by atoms with Gasteiger partial charge in [0, 0.05) is 17.1 Å². The minimum Gasteiger partial charge on any atom is -0.377 e. The molecule has 1 aliphatic carbocycles. The molecule has 0 heterocycles. The molecule has 0 radical (unpaired) electrons. The Hall–Kier alpha value is -0.380. The molecule has 2 nitrogen and oxygen atoms in total. The highest BCUT2D eigenvalue weighted by molar-refractivity contribution is 9.10. The molecule has 0 amide bonds. The van der Waals surface area contributed by atoms with Crippen LogP contribution in [0.25, 0.3) is 0 Å².